The van der Waals surface area contributed by atoms with Crippen LogP contribution in [0.2, 0.25) is 0 Å². The van der Waals surface area contributed by atoms with Crippen molar-refractivity contribution in [1.29, 1.82) is 0 Å². The monoisotopic (exact) mass is 371 g/mol. The number of rotatable bonds is 7. The number of guanidine groups is 1. The van der Waals surface area contributed by atoms with Crippen LogP contribution in [-0.2, 0) is 15.3 Å². The summed E-state index contributed by atoms with van der Waals surface area (Å²) in [6.45, 7) is 3.92. The topological polar surface area (TPSA) is 70.6 Å². The van der Waals surface area contributed by atoms with Gasteiger partial charge in [-0.2, -0.15) is 0 Å². The highest BCUT2D eigenvalue weighted by molar-refractivity contribution is 7.90. The van der Waals surface area contributed by atoms with E-state index in [-0.39, 0.29) is 11.2 Å². The second-order valence-corrected chi connectivity index (χ2v) is 9.78. The Balaban J connectivity index is 2.06. The van der Waals surface area contributed by atoms with Crippen molar-refractivity contribution in [1.82, 2.24) is 10.6 Å². The van der Waals surface area contributed by atoms with Crippen LogP contribution in [0.3, 0.4) is 0 Å². The van der Waals surface area contributed by atoms with E-state index in [9.17, 15) is 8.42 Å². The number of hydrogen-bond acceptors (Lipinski definition) is 4. The number of nitrogens with one attached hydrogen (secondary N) is 2. The quantitative estimate of drug-likeness (QED) is 0.571. The first-order valence-electron chi connectivity index (χ1n) is 8.69. The Hall–Kier alpha value is -1.08. The fourth-order valence-corrected chi connectivity index (χ4v) is 4.67. The fraction of sp³-hybridized carbons (Fsp3) is 0.706. The average molecular weight is 372 g/mol. The van der Waals surface area contributed by atoms with Crippen molar-refractivity contribution in [2.75, 3.05) is 31.6 Å². The number of hydrogen-bond donors (Lipinski definition) is 2. The number of thiophene rings is 1. The lowest BCUT2D eigenvalue weighted by Gasteiger charge is -2.35. The van der Waals surface area contributed by atoms with Crippen molar-refractivity contribution in [3.8, 4) is 0 Å². The van der Waals surface area contributed by atoms with Crippen LogP contribution in [0.4, 0.5) is 0 Å². The first kappa shape index (κ1) is 19.2. The molecule has 0 atom stereocenters. The summed E-state index contributed by atoms with van der Waals surface area (Å²) in [6.07, 6.45) is 7.44. The first-order valence-corrected chi connectivity index (χ1v) is 11.6. The Morgan fingerprint density at radius 1 is 1.29 bits per heavy atom. The lowest BCUT2D eigenvalue weighted by molar-refractivity contribution is 0.306. The molecule has 0 unspecified atom stereocenters. The average Bonchev–Trinajstić information content (AvgIpc) is 3.07. The maximum atomic E-state index is 11.3. The molecule has 1 saturated carbocycles. The Labute approximate surface area is 149 Å². The predicted octanol–water partition coefficient (Wildman–Crippen LogP) is 2.55. The van der Waals surface area contributed by atoms with Gasteiger partial charge in [-0.25, -0.2) is 8.42 Å². The molecule has 1 aromatic heterocycles. The highest BCUT2D eigenvalue weighted by Crippen LogP contribution is 2.41. The summed E-state index contributed by atoms with van der Waals surface area (Å²) in [5, 5.41) is 8.50. The predicted molar refractivity (Wildman–Crippen MR) is 103 cm³/mol. The van der Waals surface area contributed by atoms with Crippen molar-refractivity contribution in [3.63, 3.8) is 0 Å². The third kappa shape index (κ3) is 5.77. The maximum Gasteiger partial charge on any atom is 0.191 e. The van der Waals surface area contributed by atoms with E-state index in [0.717, 1.165) is 13.1 Å². The fourth-order valence-electron chi connectivity index (χ4n) is 3.22. The van der Waals surface area contributed by atoms with Crippen LogP contribution in [0.1, 0.15) is 43.9 Å². The van der Waals surface area contributed by atoms with Gasteiger partial charge < -0.3 is 10.6 Å². The summed E-state index contributed by atoms with van der Waals surface area (Å²) < 4.78 is 22.6. The molecular weight excluding hydrogens is 342 g/mol. The van der Waals surface area contributed by atoms with Crippen LogP contribution < -0.4 is 10.6 Å². The molecule has 2 N–H and O–H groups in total. The molecule has 5 nitrogen and oxygen atoms in total. The molecule has 0 aliphatic heterocycles. The molecule has 1 heterocycles. The number of nitrogens with zero attached hydrogens (tertiary/aromatic N) is 1. The molecule has 1 aliphatic rings. The summed E-state index contributed by atoms with van der Waals surface area (Å²) in [6, 6.07) is 4.35. The SMILES string of the molecule is CCNC(=NCC1(c2cccs2)CCCCC1)NCCS(C)(=O)=O. The minimum atomic E-state index is -2.96. The zero-order chi connectivity index (χ0) is 17.5. The standard InChI is InChI=1S/C17H29N3O2S2/c1-3-18-16(19-11-13-24(2,21)22)20-14-17(9-5-4-6-10-17)15-8-7-12-23-15/h7-8,12H,3-6,9-11,13-14H2,1-2H3,(H2,18,19,20). The summed E-state index contributed by atoms with van der Waals surface area (Å²) in [5.41, 5.74) is 0.144. The van der Waals surface area contributed by atoms with Gasteiger partial charge in [-0.15, -0.1) is 11.3 Å². The molecule has 1 aromatic rings. The smallest absolute Gasteiger partial charge is 0.191 e. The molecule has 0 radical (unpaired) electrons. The van der Waals surface area contributed by atoms with E-state index < -0.39 is 9.84 Å². The molecule has 1 aliphatic carbocycles. The molecule has 1 fully saturated rings. The molecule has 136 valence electrons. The molecule has 0 saturated heterocycles. The second-order valence-electron chi connectivity index (χ2n) is 6.57. The minimum absolute atomic E-state index is 0.119. The van der Waals surface area contributed by atoms with Gasteiger partial charge in [0, 0.05) is 29.6 Å². The van der Waals surface area contributed by atoms with Crippen LogP contribution in [-0.4, -0.2) is 46.0 Å². The van der Waals surface area contributed by atoms with Gasteiger partial charge in [0.2, 0.25) is 0 Å². The summed E-state index contributed by atoms with van der Waals surface area (Å²) in [4.78, 5) is 6.22. The second kappa shape index (κ2) is 8.85. The number of aliphatic imine (C=N–C) groups is 1. The van der Waals surface area contributed by atoms with Crippen molar-refractivity contribution in [3.05, 3.63) is 22.4 Å². The van der Waals surface area contributed by atoms with E-state index in [1.165, 1.54) is 43.2 Å². The zero-order valence-electron chi connectivity index (χ0n) is 14.7. The van der Waals surface area contributed by atoms with Gasteiger partial charge >= 0.3 is 0 Å². The highest BCUT2D eigenvalue weighted by Gasteiger charge is 2.34. The third-order valence-corrected chi connectivity index (χ3v) is 6.57. The zero-order valence-corrected chi connectivity index (χ0v) is 16.3. The van der Waals surface area contributed by atoms with Crippen molar-refractivity contribution in [2.45, 2.75) is 44.4 Å². The van der Waals surface area contributed by atoms with Crippen LogP contribution in [0.15, 0.2) is 22.5 Å². The summed E-state index contributed by atoms with van der Waals surface area (Å²) in [7, 11) is -2.96. The van der Waals surface area contributed by atoms with E-state index >= 15 is 0 Å². The Morgan fingerprint density at radius 2 is 2.04 bits per heavy atom. The van der Waals surface area contributed by atoms with Gasteiger partial charge in [-0.05, 0) is 31.2 Å². The summed E-state index contributed by atoms with van der Waals surface area (Å²) in [5.74, 6) is 0.829. The van der Waals surface area contributed by atoms with E-state index in [1.807, 2.05) is 18.3 Å². The normalized spacial score (nSPS) is 18.3. The van der Waals surface area contributed by atoms with E-state index in [1.54, 1.807) is 0 Å². The lowest BCUT2D eigenvalue weighted by Crippen LogP contribution is -2.41. The highest BCUT2D eigenvalue weighted by atomic mass is 32.2. The van der Waals surface area contributed by atoms with Gasteiger partial charge in [-0.1, -0.05) is 25.3 Å². The molecule has 0 amide bonds. The maximum absolute atomic E-state index is 11.3. The van der Waals surface area contributed by atoms with Crippen LogP contribution >= 0.6 is 11.3 Å². The van der Waals surface area contributed by atoms with Gasteiger partial charge in [0.1, 0.15) is 9.84 Å². The van der Waals surface area contributed by atoms with Gasteiger partial charge in [0.25, 0.3) is 0 Å². The minimum Gasteiger partial charge on any atom is -0.357 e. The van der Waals surface area contributed by atoms with E-state index in [2.05, 4.69) is 28.1 Å². The van der Waals surface area contributed by atoms with Crippen molar-refractivity contribution < 1.29 is 8.42 Å². The van der Waals surface area contributed by atoms with Crippen LogP contribution in [0.25, 0.3) is 0 Å². The van der Waals surface area contributed by atoms with Crippen LogP contribution in [0, 0.1) is 0 Å². The van der Waals surface area contributed by atoms with Gasteiger partial charge in [0.05, 0.1) is 12.3 Å². The molecule has 7 heteroatoms. The van der Waals surface area contributed by atoms with E-state index in [4.69, 9.17) is 4.99 Å². The third-order valence-electron chi connectivity index (χ3n) is 4.50. The Kier molecular flexibility index (Phi) is 7.10. The van der Waals surface area contributed by atoms with Crippen molar-refractivity contribution >= 4 is 27.1 Å². The Bertz CT molecular complexity index is 618. The molecule has 0 spiro atoms. The Morgan fingerprint density at radius 3 is 2.62 bits per heavy atom. The lowest BCUT2D eigenvalue weighted by atomic mass is 9.73. The van der Waals surface area contributed by atoms with E-state index in [0.29, 0.717) is 12.5 Å². The molecule has 0 aromatic carbocycles. The molecule has 24 heavy (non-hydrogen) atoms. The van der Waals surface area contributed by atoms with Crippen LogP contribution in [0.5, 0.6) is 0 Å². The summed E-state index contributed by atoms with van der Waals surface area (Å²) >= 11 is 1.83. The van der Waals surface area contributed by atoms with Crippen molar-refractivity contribution in [2.24, 2.45) is 4.99 Å². The van der Waals surface area contributed by atoms with Gasteiger partial charge in [0.15, 0.2) is 5.96 Å². The first-order chi connectivity index (χ1) is 11.5. The number of sulfone groups is 1. The molecule has 0 bridgehead atoms. The molecular formula is C17H29N3O2S2. The largest absolute Gasteiger partial charge is 0.357 e. The molecule has 2 rings (SSSR count). The van der Waals surface area contributed by atoms with Gasteiger partial charge in [-0.3, -0.25) is 4.99 Å².